The van der Waals surface area contributed by atoms with Gasteiger partial charge in [0.1, 0.15) is 5.69 Å². The summed E-state index contributed by atoms with van der Waals surface area (Å²) in [5.41, 5.74) is 4.41. The van der Waals surface area contributed by atoms with Crippen LogP contribution in [-0.4, -0.2) is 38.5 Å². The third-order valence-electron chi connectivity index (χ3n) is 6.49. The average Bonchev–Trinajstić information content (AvgIpc) is 3.51. The van der Waals surface area contributed by atoms with E-state index in [0.717, 1.165) is 11.1 Å². The molecule has 1 atom stereocenters. The number of rotatable bonds is 9. The van der Waals surface area contributed by atoms with Crippen LogP contribution in [0.3, 0.4) is 0 Å². The molecule has 1 aromatic heterocycles. The summed E-state index contributed by atoms with van der Waals surface area (Å²) in [6.07, 6.45) is -0.117. The average molecular weight is 534 g/mol. The van der Waals surface area contributed by atoms with Crippen molar-refractivity contribution < 1.29 is 24.3 Å². The van der Waals surface area contributed by atoms with Crippen LogP contribution in [0.2, 0.25) is 0 Å². The number of nitrogens with zero attached hydrogens (tertiary/aromatic N) is 3. The van der Waals surface area contributed by atoms with Gasteiger partial charge in [-0.1, -0.05) is 42.5 Å². The third kappa shape index (κ3) is 5.21. The van der Waals surface area contributed by atoms with Crippen molar-refractivity contribution in [3.63, 3.8) is 0 Å². The summed E-state index contributed by atoms with van der Waals surface area (Å²) in [5.74, 6) is -4.57. The Bertz CT molecular complexity index is 1670. The molecule has 3 N–H and O–H groups in total. The molecular formula is C30H23N5O5. The zero-order valence-corrected chi connectivity index (χ0v) is 21.1. The molecule has 0 spiro atoms. The highest BCUT2D eigenvalue weighted by Crippen LogP contribution is 2.41. The number of hydrogen-bond donors (Lipinski definition) is 3. The van der Waals surface area contributed by atoms with Crippen molar-refractivity contribution >= 4 is 34.9 Å². The van der Waals surface area contributed by atoms with Crippen LogP contribution in [-0.2, 0) is 20.8 Å². The van der Waals surface area contributed by atoms with E-state index >= 15 is 0 Å². The first-order valence-corrected chi connectivity index (χ1v) is 12.5. The first-order valence-electron chi connectivity index (χ1n) is 12.5. The maximum absolute atomic E-state index is 13.6. The van der Waals surface area contributed by atoms with Gasteiger partial charge in [0.25, 0.3) is 0 Å². The monoisotopic (exact) mass is 533 g/mol. The van der Waals surface area contributed by atoms with Crippen molar-refractivity contribution in [2.24, 2.45) is 5.92 Å². The zero-order valence-electron chi connectivity index (χ0n) is 21.1. The van der Waals surface area contributed by atoms with Crippen LogP contribution in [0, 0.1) is 17.2 Å². The molecule has 1 unspecified atom stereocenters. The molecule has 198 valence electrons. The van der Waals surface area contributed by atoms with E-state index in [2.05, 4.69) is 15.7 Å². The van der Waals surface area contributed by atoms with Gasteiger partial charge in [0, 0.05) is 35.3 Å². The standard InChI is InChI=1S/C30H23N5O5/c31-17-24(30(40)33-19-7-3-1-4-8-19)29(39)27-23-15-18-11-12-20(32-25(36)13-14-26(37)38)16-22(18)28(23)35(34-27)21-9-5-2-6-10-21/h1-12,16,24H,13-15H2,(H,32,36)(H,33,40)(H,37,38). The Morgan fingerprint density at radius 3 is 2.30 bits per heavy atom. The fourth-order valence-corrected chi connectivity index (χ4v) is 4.62. The predicted molar refractivity (Wildman–Crippen MR) is 146 cm³/mol. The number of Topliss-reactive ketones (excluding diaryl/α,β-unsaturated/α-hetero) is 1. The Balaban J connectivity index is 1.52. The third-order valence-corrected chi connectivity index (χ3v) is 6.49. The van der Waals surface area contributed by atoms with Gasteiger partial charge in [-0.25, -0.2) is 4.68 Å². The van der Waals surface area contributed by atoms with Crippen molar-refractivity contribution in [3.05, 3.63) is 95.7 Å². The number of para-hydroxylation sites is 2. The van der Waals surface area contributed by atoms with Crippen molar-refractivity contribution in [2.75, 3.05) is 10.6 Å². The summed E-state index contributed by atoms with van der Waals surface area (Å²) in [7, 11) is 0. The number of carboxylic acids is 1. The summed E-state index contributed by atoms with van der Waals surface area (Å²) in [4.78, 5) is 49.6. The molecule has 0 fully saturated rings. The Hall–Kier alpha value is -5.56. The van der Waals surface area contributed by atoms with E-state index in [9.17, 15) is 24.4 Å². The SMILES string of the molecule is N#CC(C(=O)Nc1ccccc1)C(=O)c1nn(-c2ccccc2)c2c1Cc1ccc(NC(=O)CCC(=O)O)cc1-2. The number of nitrogens with one attached hydrogen (secondary N) is 2. The highest BCUT2D eigenvalue weighted by atomic mass is 16.4. The largest absolute Gasteiger partial charge is 0.481 e. The number of aliphatic carboxylic acids is 1. The van der Waals surface area contributed by atoms with E-state index in [-0.39, 0.29) is 18.5 Å². The fraction of sp³-hybridized carbons (Fsp3) is 0.133. The van der Waals surface area contributed by atoms with Gasteiger partial charge in [-0.2, -0.15) is 10.4 Å². The van der Waals surface area contributed by atoms with Crippen LogP contribution < -0.4 is 10.6 Å². The minimum absolute atomic E-state index is 0.0249. The van der Waals surface area contributed by atoms with E-state index in [1.807, 2.05) is 42.5 Å². The van der Waals surface area contributed by atoms with E-state index < -0.39 is 29.5 Å². The Kier molecular flexibility index (Phi) is 7.20. The van der Waals surface area contributed by atoms with Gasteiger partial charge in [0.15, 0.2) is 5.92 Å². The normalized spacial score (nSPS) is 12.0. The summed E-state index contributed by atoms with van der Waals surface area (Å²) in [6.45, 7) is 0. The number of carbonyl (C=O) groups excluding carboxylic acids is 3. The molecule has 0 aliphatic heterocycles. The lowest BCUT2D eigenvalue weighted by Crippen LogP contribution is -2.29. The van der Waals surface area contributed by atoms with Gasteiger partial charge in [-0.05, 0) is 42.0 Å². The van der Waals surface area contributed by atoms with E-state index in [1.165, 1.54) is 0 Å². The number of fused-ring (bicyclic) bond motifs is 3. The second-order valence-corrected chi connectivity index (χ2v) is 9.20. The topological polar surface area (TPSA) is 154 Å². The molecule has 0 saturated carbocycles. The molecule has 0 saturated heterocycles. The molecule has 1 heterocycles. The molecule has 2 amide bonds. The van der Waals surface area contributed by atoms with Crippen molar-refractivity contribution in [2.45, 2.75) is 19.3 Å². The number of hydrogen-bond acceptors (Lipinski definition) is 6. The number of nitriles is 1. The van der Waals surface area contributed by atoms with E-state index in [4.69, 9.17) is 5.11 Å². The number of benzene rings is 3. The number of amides is 2. The molecule has 40 heavy (non-hydrogen) atoms. The van der Waals surface area contributed by atoms with Crippen molar-refractivity contribution in [1.82, 2.24) is 9.78 Å². The van der Waals surface area contributed by atoms with Gasteiger partial charge in [0.05, 0.1) is 23.9 Å². The highest BCUT2D eigenvalue weighted by Gasteiger charge is 2.36. The maximum Gasteiger partial charge on any atom is 0.303 e. The van der Waals surface area contributed by atoms with E-state index in [1.54, 1.807) is 47.1 Å². The minimum Gasteiger partial charge on any atom is -0.481 e. The molecule has 5 rings (SSSR count). The first-order chi connectivity index (χ1) is 19.4. The molecule has 10 heteroatoms. The highest BCUT2D eigenvalue weighted by molar-refractivity contribution is 6.16. The van der Waals surface area contributed by atoms with Crippen molar-refractivity contribution in [3.8, 4) is 23.0 Å². The van der Waals surface area contributed by atoms with Crippen LogP contribution >= 0.6 is 0 Å². The van der Waals surface area contributed by atoms with Crippen LogP contribution in [0.5, 0.6) is 0 Å². The molecule has 1 aliphatic rings. The number of ketones is 1. The Labute approximate surface area is 228 Å². The molecule has 1 aliphatic carbocycles. The molecular weight excluding hydrogens is 510 g/mol. The summed E-state index contributed by atoms with van der Waals surface area (Å²) in [6, 6.07) is 24.8. The number of carboxylic acid groups (broad SMARTS) is 1. The lowest BCUT2D eigenvalue weighted by atomic mass is 9.98. The molecule has 4 aromatic rings. The van der Waals surface area contributed by atoms with Crippen LogP contribution in [0.1, 0.15) is 34.5 Å². The van der Waals surface area contributed by atoms with Gasteiger partial charge in [-0.15, -0.1) is 0 Å². The van der Waals surface area contributed by atoms with Gasteiger partial charge >= 0.3 is 5.97 Å². The molecule has 10 nitrogen and oxygen atoms in total. The van der Waals surface area contributed by atoms with Crippen LogP contribution in [0.15, 0.2) is 78.9 Å². The Morgan fingerprint density at radius 1 is 0.925 bits per heavy atom. The van der Waals surface area contributed by atoms with Crippen LogP contribution in [0.25, 0.3) is 16.9 Å². The second-order valence-electron chi connectivity index (χ2n) is 9.20. The van der Waals surface area contributed by atoms with Crippen LogP contribution in [0.4, 0.5) is 11.4 Å². The van der Waals surface area contributed by atoms with E-state index in [0.29, 0.717) is 34.7 Å². The predicted octanol–water partition coefficient (Wildman–Crippen LogP) is 4.21. The second kappa shape index (κ2) is 11.0. The molecule has 0 bridgehead atoms. The molecule has 0 radical (unpaired) electrons. The number of aromatic nitrogens is 2. The quantitative estimate of drug-likeness (QED) is 0.189. The molecule has 3 aromatic carbocycles. The maximum atomic E-state index is 13.6. The minimum atomic E-state index is -1.61. The first kappa shape index (κ1) is 26.1. The van der Waals surface area contributed by atoms with Gasteiger partial charge < -0.3 is 15.7 Å². The smallest absolute Gasteiger partial charge is 0.303 e. The van der Waals surface area contributed by atoms with Crippen molar-refractivity contribution in [1.29, 1.82) is 5.26 Å². The lowest BCUT2D eigenvalue weighted by molar-refractivity contribution is -0.138. The van der Waals surface area contributed by atoms with Gasteiger partial charge in [0.2, 0.25) is 17.6 Å². The lowest BCUT2D eigenvalue weighted by Gasteiger charge is -2.11. The summed E-state index contributed by atoms with van der Waals surface area (Å²) in [5, 5.41) is 28.6. The number of anilines is 2. The summed E-state index contributed by atoms with van der Waals surface area (Å²) >= 11 is 0. The zero-order chi connectivity index (χ0) is 28.2. The van der Waals surface area contributed by atoms with Gasteiger partial charge in [-0.3, -0.25) is 19.2 Å². The summed E-state index contributed by atoms with van der Waals surface area (Å²) < 4.78 is 1.61. The Morgan fingerprint density at radius 2 is 1.62 bits per heavy atom. The number of carbonyl (C=O) groups is 4. The fourth-order valence-electron chi connectivity index (χ4n) is 4.62.